The van der Waals surface area contributed by atoms with E-state index in [1.165, 1.54) is 15.7 Å². The molecule has 0 aromatic heterocycles. The Labute approximate surface area is 129 Å². The topological polar surface area (TPSA) is 20.3 Å². The van der Waals surface area contributed by atoms with Crippen molar-refractivity contribution in [2.45, 2.75) is 44.2 Å². The average Bonchev–Trinajstić information content (AvgIpc) is 2.31. The molecular weight excluding hydrogens is 405 g/mol. The smallest absolute Gasteiger partial charge is 0.137 e. The van der Waals surface area contributed by atoms with Gasteiger partial charge in [0.2, 0.25) is 0 Å². The molecule has 4 heteroatoms. The van der Waals surface area contributed by atoms with E-state index < -0.39 is 0 Å². The summed E-state index contributed by atoms with van der Waals surface area (Å²) in [5.41, 5.74) is 1.27. The lowest BCUT2D eigenvalue weighted by atomic mass is 9.83. The number of carbonyl (C=O) groups is 1. The largest absolute Gasteiger partial charge is 0.364 e. The number of ketones is 1. The number of nitrogens with zero attached hydrogens (tertiary/aromatic N) is 1. The normalized spacial score (nSPS) is 27.4. The molecule has 2 nitrogen and oxygen atoms in total. The second-order valence-electron chi connectivity index (χ2n) is 5.19. The van der Waals surface area contributed by atoms with E-state index in [-0.39, 0.29) is 0 Å². The minimum Gasteiger partial charge on any atom is -0.364 e. The number of piperidine rings is 2. The number of halogens is 2. The summed E-state index contributed by atoms with van der Waals surface area (Å²) in [5.74, 6) is 0.447. The van der Waals surface area contributed by atoms with Crippen LogP contribution >= 0.6 is 38.5 Å². The van der Waals surface area contributed by atoms with Crippen LogP contribution in [0.4, 0.5) is 5.69 Å². The predicted molar refractivity (Wildman–Crippen MR) is 85.0 cm³/mol. The molecule has 2 aliphatic heterocycles. The van der Waals surface area contributed by atoms with Gasteiger partial charge in [-0.15, -0.1) is 0 Å². The summed E-state index contributed by atoms with van der Waals surface area (Å²) in [6, 6.07) is 7.28. The molecule has 0 radical (unpaired) electrons. The lowest BCUT2D eigenvalue weighted by Crippen LogP contribution is -2.52. The Morgan fingerprint density at radius 2 is 1.89 bits per heavy atom. The number of fused-ring (bicyclic) bond motifs is 2. The number of hydrogen-bond donors (Lipinski definition) is 0. The molecule has 0 spiro atoms. The monoisotopic (exact) mass is 419 g/mol. The van der Waals surface area contributed by atoms with E-state index in [1.54, 1.807) is 0 Å². The van der Waals surface area contributed by atoms with E-state index in [4.69, 9.17) is 0 Å². The van der Waals surface area contributed by atoms with Crippen LogP contribution in [0.25, 0.3) is 0 Å². The lowest BCUT2D eigenvalue weighted by Gasteiger charge is -2.47. The van der Waals surface area contributed by atoms with E-state index in [0.717, 1.165) is 30.2 Å². The van der Waals surface area contributed by atoms with Crippen LogP contribution in [0.3, 0.4) is 0 Å². The fourth-order valence-corrected chi connectivity index (χ4v) is 4.18. The van der Waals surface area contributed by atoms with Gasteiger partial charge < -0.3 is 4.90 Å². The number of Topliss-reactive ketones (excluding diaryl/α,β-unsaturated/α-hetero) is 1. The SMILES string of the molecule is O=C1CC2CCCC(C1)N2c1cc(I)ccc1Br. The number of hydrogen-bond acceptors (Lipinski definition) is 2. The van der Waals surface area contributed by atoms with Gasteiger partial charge in [-0.3, -0.25) is 4.79 Å². The molecule has 2 atom stereocenters. The summed E-state index contributed by atoms with van der Waals surface area (Å²) in [4.78, 5) is 14.3. The summed E-state index contributed by atoms with van der Waals surface area (Å²) >= 11 is 6.01. The van der Waals surface area contributed by atoms with Gasteiger partial charge in [-0.25, -0.2) is 0 Å². The predicted octanol–water partition coefficient (Wildman–Crippen LogP) is 4.14. The summed E-state index contributed by atoms with van der Waals surface area (Å²) < 4.78 is 2.40. The van der Waals surface area contributed by atoms with Crippen LogP contribution in [0.15, 0.2) is 22.7 Å². The molecule has 2 heterocycles. The third-order valence-corrected chi connectivity index (χ3v) is 5.32. The summed E-state index contributed by atoms with van der Waals surface area (Å²) in [6.07, 6.45) is 5.03. The van der Waals surface area contributed by atoms with Gasteiger partial charge in [0.25, 0.3) is 0 Å². The number of rotatable bonds is 1. The Morgan fingerprint density at radius 1 is 1.22 bits per heavy atom. The molecular formula is C14H15BrINO. The summed E-state index contributed by atoms with van der Waals surface area (Å²) in [5, 5.41) is 0. The van der Waals surface area contributed by atoms with Gasteiger partial charge in [0, 0.05) is 33.0 Å². The minimum atomic E-state index is 0.416. The van der Waals surface area contributed by atoms with Crippen molar-refractivity contribution in [3.05, 3.63) is 26.2 Å². The first-order chi connectivity index (χ1) is 8.65. The van der Waals surface area contributed by atoms with Gasteiger partial charge in [-0.05, 0) is 76.0 Å². The van der Waals surface area contributed by atoms with Gasteiger partial charge in [-0.2, -0.15) is 0 Å². The van der Waals surface area contributed by atoms with Crippen molar-refractivity contribution in [2.24, 2.45) is 0 Å². The van der Waals surface area contributed by atoms with Gasteiger partial charge in [0.05, 0.1) is 5.69 Å². The second-order valence-corrected chi connectivity index (χ2v) is 7.29. The molecule has 2 bridgehead atoms. The van der Waals surface area contributed by atoms with Gasteiger partial charge in [0.15, 0.2) is 0 Å². The van der Waals surface area contributed by atoms with Crippen LogP contribution in [0.2, 0.25) is 0 Å². The maximum atomic E-state index is 11.8. The number of benzene rings is 1. The highest BCUT2D eigenvalue weighted by Gasteiger charge is 2.38. The summed E-state index contributed by atoms with van der Waals surface area (Å²) in [6.45, 7) is 0. The van der Waals surface area contributed by atoms with Gasteiger partial charge in [0.1, 0.15) is 5.78 Å². The first kappa shape index (κ1) is 12.9. The zero-order valence-corrected chi connectivity index (χ0v) is 13.8. The molecule has 1 aromatic rings. The maximum absolute atomic E-state index is 11.8. The Morgan fingerprint density at radius 3 is 2.56 bits per heavy atom. The Bertz CT molecular complexity index is 475. The fourth-order valence-electron chi connectivity index (χ4n) is 3.25. The molecule has 18 heavy (non-hydrogen) atoms. The van der Waals surface area contributed by atoms with Crippen molar-refractivity contribution >= 4 is 50.0 Å². The third-order valence-electron chi connectivity index (χ3n) is 3.97. The van der Waals surface area contributed by atoms with E-state index in [9.17, 15) is 4.79 Å². The van der Waals surface area contributed by atoms with Gasteiger partial charge in [-0.1, -0.05) is 0 Å². The van der Waals surface area contributed by atoms with Crippen molar-refractivity contribution in [1.29, 1.82) is 0 Å². The number of anilines is 1. The lowest BCUT2D eigenvalue weighted by molar-refractivity contribution is -0.121. The Balaban J connectivity index is 2.00. The molecule has 2 aliphatic rings. The van der Waals surface area contributed by atoms with Crippen LogP contribution in [-0.2, 0) is 4.79 Å². The van der Waals surface area contributed by atoms with Crippen molar-refractivity contribution in [2.75, 3.05) is 4.90 Å². The first-order valence-corrected chi connectivity index (χ1v) is 8.27. The quantitative estimate of drug-likeness (QED) is 0.637. The Kier molecular flexibility index (Phi) is 3.67. The van der Waals surface area contributed by atoms with Gasteiger partial charge >= 0.3 is 0 Å². The molecule has 2 fully saturated rings. The molecule has 3 rings (SSSR count). The zero-order valence-electron chi connectivity index (χ0n) is 10.0. The molecule has 0 saturated carbocycles. The Hall–Kier alpha value is -0.100. The average molecular weight is 420 g/mol. The van der Waals surface area contributed by atoms with Crippen molar-refractivity contribution in [1.82, 2.24) is 0 Å². The molecule has 0 N–H and O–H groups in total. The number of carbonyl (C=O) groups excluding carboxylic acids is 1. The molecule has 1 aromatic carbocycles. The van der Waals surface area contributed by atoms with E-state index in [1.807, 2.05) is 0 Å². The van der Waals surface area contributed by atoms with Crippen molar-refractivity contribution < 1.29 is 4.79 Å². The van der Waals surface area contributed by atoms with Crippen LogP contribution in [0, 0.1) is 3.57 Å². The standard InChI is InChI=1S/C14H15BrINO/c15-13-5-4-9(16)6-14(13)17-10-2-1-3-11(17)8-12(18)7-10/h4-6,10-11H,1-3,7-8H2. The highest BCUT2D eigenvalue weighted by Crippen LogP contribution is 2.40. The van der Waals surface area contributed by atoms with Crippen LogP contribution in [0.1, 0.15) is 32.1 Å². The van der Waals surface area contributed by atoms with Crippen molar-refractivity contribution in [3.63, 3.8) is 0 Å². The first-order valence-electron chi connectivity index (χ1n) is 6.40. The molecule has 96 valence electrons. The fraction of sp³-hybridized carbons (Fsp3) is 0.500. The third kappa shape index (κ3) is 2.33. The maximum Gasteiger partial charge on any atom is 0.137 e. The minimum absolute atomic E-state index is 0.416. The highest BCUT2D eigenvalue weighted by atomic mass is 127. The summed E-state index contributed by atoms with van der Waals surface area (Å²) in [7, 11) is 0. The van der Waals surface area contributed by atoms with E-state index >= 15 is 0 Å². The van der Waals surface area contributed by atoms with Crippen molar-refractivity contribution in [3.8, 4) is 0 Å². The van der Waals surface area contributed by atoms with Crippen LogP contribution in [-0.4, -0.2) is 17.9 Å². The molecule has 2 unspecified atom stereocenters. The molecule has 0 aliphatic carbocycles. The second kappa shape index (κ2) is 5.12. The van der Waals surface area contributed by atoms with E-state index in [2.05, 4.69) is 61.6 Å². The highest BCUT2D eigenvalue weighted by molar-refractivity contribution is 14.1. The zero-order chi connectivity index (χ0) is 12.7. The molecule has 2 saturated heterocycles. The molecule has 0 amide bonds. The van der Waals surface area contributed by atoms with E-state index in [0.29, 0.717) is 17.9 Å². The van der Waals surface area contributed by atoms with Crippen LogP contribution in [0.5, 0.6) is 0 Å². The van der Waals surface area contributed by atoms with Crippen LogP contribution < -0.4 is 4.90 Å².